The summed E-state index contributed by atoms with van der Waals surface area (Å²) in [5.74, 6) is -1.91. The molecule has 0 radical (unpaired) electrons. The fourth-order valence-corrected chi connectivity index (χ4v) is 2.05. The number of furan rings is 1. The van der Waals surface area contributed by atoms with Crippen molar-refractivity contribution in [3.63, 3.8) is 0 Å². The molecule has 0 fully saturated rings. The Kier molecular flexibility index (Phi) is 3.79. The molecule has 3 N–H and O–H groups in total. The summed E-state index contributed by atoms with van der Waals surface area (Å²) in [6, 6.07) is -1.06. The number of nitrogens with one attached hydrogen (secondary N) is 2. The highest BCUT2D eigenvalue weighted by molar-refractivity contribution is 6.07. The number of carbonyl (C=O) groups is 2. The van der Waals surface area contributed by atoms with Crippen molar-refractivity contribution in [3.8, 4) is 0 Å². The number of amides is 1. The van der Waals surface area contributed by atoms with Gasteiger partial charge in [0.1, 0.15) is 17.2 Å². The maximum absolute atomic E-state index is 12.3. The van der Waals surface area contributed by atoms with E-state index in [1.807, 2.05) is 0 Å². The summed E-state index contributed by atoms with van der Waals surface area (Å²) in [5, 5.41) is 11.5. The van der Waals surface area contributed by atoms with Crippen LogP contribution in [0.1, 0.15) is 30.0 Å². The summed E-state index contributed by atoms with van der Waals surface area (Å²) < 4.78 is 5.26. The number of hydrogen-bond donors (Lipinski definition) is 3. The van der Waals surface area contributed by atoms with E-state index >= 15 is 0 Å². The number of carbonyl (C=O) groups excluding carboxylic acids is 1. The summed E-state index contributed by atoms with van der Waals surface area (Å²) in [6.45, 7) is 4.86. The molecule has 2 heterocycles. The lowest BCUT2D eigenvalue weighted by Crippen LogP contribution is -2.44. The zero-order valence-corrected chi connectivity index (χ0v) is 11.8. The SMILES string of the molecule is Cc1oc2nc[nH]c(=O)c2c1C(=O)NC(C(=O)O)C(C)C. The molecule has 1 atom stereocenters. The van der Waals surface area contributed by atoms with Gasteiger partial charge in [0.2, 0.25) is 5.71 Å². The number of aryl methyl sites for hydroxylation is 1. The van der Waals surface area contributed by atoms with Crippen LogP contribution in [-0.2, 0) is 4.79 Å². The van der Waals surface area contributed by atoms with E-state index in [-0.39, 0.29) is 28.3 Å². The largest absolute Gasteiger partial charge is 0.480 e. The fraction of sp³-hybridized carbons (Fsp3) is 0.385. The fourth-order valence-electron chi connectivity index (χ4n) is 2.05. The van der Waals surface area contributed by atoms with Crippen molar-refractivity contribution in [2.45, 2.75) is 26.8 Å². The number of aromatic nitrogens is 2. The Morgan fingerprint density at radius 3 is 2.67 bits per heavy atom. The normalized spacial score (nSPS) is 12.6. The highest BCUT2D eigenvalue weighted by Crippen LogP contribution is 2.20. The number of aromatic amines is 1. The van der Waals surface area contributed by atoms with Gasteiger partial charge in [-0.1, -0.05) is 13.8 Å². The number of carboxylic acid groups (broad SMARTS) is 1. The van der Waals surface area contributed by atoms with E-state index in [2.05, 4.69) is 15.3 Å². The minimum absolute atomic E-state index is 0.00579. The van der Waals surface area contributed by atoms with E-state index in [0.717, 1.165) is 0 Å². The number of aliphatic carboxylic acids is 1. The molecule has 0 aliphatic rings. The highest BCUT2D eigenvalue weighted by atomic mass is 16.4. The van der Waals surface area contributed by atoms with Crippen LogP contribution in [0.25, 0.3) is 11.1 Å². The van der Waals surface area contributed by atoms with Gasteiger partial charge in [0.15, 0.2) is 0 Å². The number of fused-ring (bicyclic) bond motifs is 1. The second-order valence-electron chi connectivity index (χ2n) is 4.98. The summed E-state index contributed by atoms with van der Waals surface area (Å²) in [4.78, 5) is 41.5. The Hall–Kier alpha value is -2.64. The zero-order chi connectivity index (χ0) is 15.7. The lowest BCUT2D eigenvalue weighted by atomic mass is 10.0. The first-order valence-corrected chi connectivity index (χ1v) is 6.33. The third-order valence-corrected chi connectivity index (χ3v) is 3.12. The van der Waals surface area contributed by atoms with Crippen molar-refractivity contribution in [3.05, 3.63) is 28.0 Å². The minimum Gasteiger partial charge on any atom is -0.480 e. The molecule has 21 heavy (non-hydrogen) atoms. The Labute approximate surface area is 119 Å². The molecule has 1 amide bonds. The molecule has 0 saturated carbocycles. The van der Waals surface area contributed by atoms with Crippen LogP contribution in [0.2, 0.25) is 0 Å². The lowest BCUT2D eigenvalue weighted by molar-refractivity contribution is -0.140. The van der Waals surface area contributed by atoms with Gasteiger partial charge in [-0.15, -0.1) is 0 Å². The van der Waals surface area contributed by atoms with Crippen molar-refractivity contribution >= 4 is 23.0 Å². The molecule has 0 aliphatic carbocycles. The van der Waals surface area contributed by atoms with Crippen molar-refractivity contribution in [2.75, 3.05) is 0 Å². The number of carboxylic acids is 1. The number of rotatable bonds is 4. The number of nitrogens with zero attached hydrogens (tertiary/aromatic N) is 1. The van der Waals surface area contributed by atoms with Crippen LogP contribution in [0.4, 0.5) is 0 Å². The first-order valence-electron chi connectivity index (χ1n) is 6.33. The first kappa shape index (κ1) is 14.8. The summed E-state index contributed by atoms with van der Waals surface area (Å²) in [5.41, 5.74) is -0.470. The standard InChI is InChI=1S/C13H15N3O5/c1-5(2)9(13(19)20)16-11(18)7-6(3)21-12-8(7)10(17)14-4-15-12/h4-5,9H,1-3H3,(H,16,18)(H,19,20)(H,14,15,17). The smallest absolute Gasteiger partial charge is 0.326 e. The summed E-state index contributed by atoms with van der Waals surface area (Å²) in [7, 11) is 0. The average molecular weight is 293 g/mol. The van der Waals surface area contributed by atoms with E-state index in [1.54, 1.807) is 13.8 Å². The quantitative estimate of drug-likeness (QED) is 0.760. The van der Waals surface area contributed by atoms with Crippen molar-refractivity contribution in [1.82, 2.24) is 15.3 Å². The average Bonchev–Trinajstić information content (AvgIpc) is 2.72. The van der Waals surface area contributed by atoms with E-state index in [9.17, 15) is 14.4 Å². The molecule has 0 aliphatic heterocycles. The topological polar surface area (TPSA) is 125 Å². The van der Waals surface area contributed by atoms with E-state index in [4.69, 9.17) is 9.52 Å². The molecule has 0 spiro atoms. The predicted octanol–water partition coefficient (Wildman–Crippen LogP) is 0.664. The molecule has 2 aromatic rings. The third-order valence-electron chi connectivity index (χ3n) is 3.12. The summed E-state index contributed by atoms with van der Waals surface area (Å²) in [6.07, 6.45) is 1.17. The van der Waals surface area contributed by atoms with Crippen LogP contribution < -0.4 is 10.9 Å². The summed E-state index contributed by atoms with van der Waals surface area (Å²) >= 11 is 0. The van der Waals surface area contributed by atoms with E-state index in [1.165, 1.54) is 13.3 Å². The van der Waals surface area contributed by atoms with Crippen LogP contribution in [0.3, 0.4) is 0 Å². The molecule has 112 valence electrons. The van der Waals surface area contributed by atoms with Gasteiger partial charge in [0.05, 0.1) is 11.9 Å². The molecule has 2 aromatic heterocycles. The Bertz CT molecular complexity index is 759. The van der Waals surface area contributed by atoms with Crippen LogP contribution in [0.5, 0.6) is 0 Å². The maximum atomic E-state index is 12.3. The Morgan fingerprint density at radius 1 is 1.43 bits per heavy atom. The van der Waals surface area contributed by atoms with Gasteiger partial charge in [0, 0.05) is 0 Å². The minimum atomic E-state index is -1.14. The van der Waals surface area contributed by atoms with Gasteiger partial charge in [-0.3, -0.25) is 9.59 Å². The Morgan fingerprint density at radius 2 is 2.10 bits per heavy atom. The monoisotopic (exact) mass is 293 g/mol. The molecule has 0 saturated heterocycles. The van der Waals surface area contributed by atoms with Gasteiger partial charge in [-0.2, -0.15) is 0 Å². The lowest BCUT2D eigenvalue weighted by Gasteiger charge is -2.17. The molecular weight excluding hydrogens is 278 g/mol. The zero-order valence-electron chi connectivity index (χ0n) is 11.8. The van der Waals surface area contributed by atoms with Crippen LogP contribution >= 0.6 is 0 Å². The van der Waals surface area contributed by atoms with Gasteiger partial charge >= 0.3 is 5.97 Å². The molecule has 0 bridgehead atoms. The van der Waals surface area contributed by atoms with Gasteiger partial charge in [-0.25, -0.2) is 9.78 Å². The van der Waals surface area contributed by atoms with Crippen LogP contribution in [0, 0.1) is 12.8 Å². The van der Waals surface area contributed by atoms with Gasteiger partial charge in [-0.05, 0) is 12.8 Å². The maximum Gasteiger partial charge on any atom is 0.326 e. The second kappa shape index (κ2) is 5.39. The van der Waals surface area contributed by atoms with E-state index < -0.39 is 23.5 Å². The predicted molar refractivity (Wildman–Crippen MR) is 73.1 cm³/mol. The number of H-pyrrole nitrogens is 1. The molecule has 1 unspecified atom stereocenters. The second-order valence-corrected chi connectivity index (χ2v) is 4.98. The van der Waals surface area contributed by atoms with Crippen LogP contribution in [-0.4, -0.2) is 33.0 Å². The molecule has 8 heteroatoms. The highest BCUT2D eigenvalue weighted by Gasteiger charge is 2.28. The first-order chi connectivity index (χ1) is 9.82. The van der Waals surface area contributed by atoms with E-state index in [0.29, 0.717) is 0 Å². The molecular formula is C13H15N3O5. The van der Waals surface area contributed by atoms with Crippen LogP contribution in [0.15, 0.2) is 15.5 Å². The van der Waals surface area contributed by atoms with Crippen molar-refractivity contribution in [2.24, 2.45) is 5.92 Å². The molecule has 2 rings (SSSR count). The molecule has 8 nitrogen and oxygen atoms in total. The van der Waals surface area contributed by atoms with Gasteiger partial charge < -0.3 is 19.8 Å². The van der Waals surface area contributed by atoms with Crippen molar-refractivity contribution in [1.29, 1.82) is 0 Å². The number of hydrogen-bond acceptors (Lipinski definition) is 5. The Balaban J connectivity index is 2.47. The van der Waals surface area contributed by atoms with Gasteiger partial charge in [0.25, 0.3) is 11.5 Å². The third kappa shape index (κ3) is 2.64. The van der Waals surface area contributed by atoms with Crippen molar-refractivity contribution < 1.29 is 19.1 Å². The molecule has 0 aromatic carbocycles.